The summed E-state index contributed by atoms with van der Waals surface area (Å²) in [4.78, 5) is 26.8. The third-order valence-electron chi connectivity index (χ3n) is 7.01. The molecule has 246 valence electrons. The number of hydrogen-bond donors (Lipinski definition) is 3. The van der Waals surface area contributed by atoms with E-state index in [0.717, 1.165) is 5.56 Å². The van der Waals surface area contributed by atoms with Gasteiger partial charge in [-0.05, 0) is 49.4 Å². The van der Waals surface area contributed by atoms with Crippen LogP contribution in [0.15, 0.2) is 53.4 Å². The third-order valence-corrected chi connectivity index (χ3v) is 8.84. The van der Waals surface area contributed by atoms with Crippen molar-refractivity contribution < 1.29 is 32.6 Å². The fourth-order valence-corrected chi connectivity index (χ4v) is 6.30. The lowest BCUT2D eigenvalue weighted by Gasteiger charge is -2.38. The van der Waals surface area contributed by atoms with Gasteiger partial charge in [0, 0.05) is 25.6 Å². The van der Waals surface area contributed by atoms with E-state index in [1.807, 2.05) is 65.0 Å². The molecule has 0 radical (unpaired) electrons. The summed E-state index contributed by atoms with van der Waals surface area (Å²) < 4.78 is 39.8. The minimum atomic E-state index is -4.10. The zero-order valence-corrected chi connectivity index (χ0v) is 28.2. The molecule has 3 N–H and O–H groups in total. The highest BCUT2D eigenvalue weighted by Crippen LogP contribution is 2.35. The molecule has 0 aliphatic carbocycles. The first-order valence-corrected chi connectivity index (χ1v) is 16.0. The highest BCUT2D eigenvalue weighted by atomic mass is 35.5. The van der Waals surface area contributed by atoms with Crippen LogP contribution >= 0.6 is 12.4 Å². The van der Waals surface area contributed by atoms with E-state index in [1.165, 1.54) is 21.4 Å². The lowest BCUT2D eigenvalue weighted by Crippen LogP contribution is -2.61. The first-order valence-electron chi connectivity index (χ1n) is 14.5. The van der Waals surface area contributed by atoms with Crippen LogP contribution < -0.4 is 20.2 Å². The number of likely N-dealkylation sites (N-methyl/N-ethyl adjacent to an activating group) is 1. The predicted molar refractivity (Wildman–Crippen MR) is 171 cm³/mol. The molecule has 0 unspecified atom stereocenters. The van der Waals surface area contributed by atoms with E-state index in [2.05, 4.69) is 10.7 Å². The molecule has 2 aromatic rings. The number of carbonyl (C=O) groups excluding carboxylic acids is 2. The highest BCUT2D eigenvalue weighted by molar-refractivity contribution is 7.89. The zero-order valence-electron chi connectivity index (χ0n) is 26.6. The number of hydrazine groups is 1. The number of nitrogens with zero attached hydrogens (tertiary/aromatic N) is 2. The van der Waals surface area contributed by atoms with Gasteiger partial charge in [0.2, 0.25) is 22.7 Å². The molecule has 1 heterocycles. The molecule has 44 heavy (non-hydrogen) atoms. The Morgan fingerprint density at radius 1 is 1.00 bits per heavy atom. The van der Waals surface area contributed by atoms with E-state index in [-0.39, 0.29) is 55.9 Å². The van der Waals surface area contributed by atoms with Gasteiger partial charge in [0.15, 0.2) is 11.5 Å². The van der Waals surface area contributed by atoms with Crippen molar-refractivity contribution in [3.63, 3.8) is 0 Å². The Bertz CT molecular complexity index is 1350. The van der Waals surface area contributed by atoms with Crippen LogP contribution in [0.25, 0.3) is 0 Å². The summed E-state index contributed by atoms with van der Waals surface area (Å²) in [5, 5.41) is 15.9. The average molecular weight is 655 g/mol. The SMILES string of the molecule is CN[C@H](C)C(=O)NN(C(=O)CC(C)(C)C)[C@@H](Cc1ccccc1)[C@H](O)CN(CC(C)C)S(=O)(=O)c1ccc2c(c1)OCO2.Cl. The first-order chi connectivity index (χ1) is 20.1. The van der Waals surface area contributed by atoms with Crippen LogP contribution in [0.1, 0.15) is 53.5 Å². The molecule has 2 amide bonds. The second kappa shape index (κ2) is 15.9. The highest BCUT2D eigenvalue weighted by Gasteiger charge is 2.37. The van der Waals surface area contributed by atoms with E-state index >= 15 is 0 Å². The molecule has 0 aromatic heterocycles. The summed E-state index contributed by atoms with van der Waals surface area (Å²) in [5.41, 5.74) is 3.12. The number of benzene rings is 2. The van der Waals surface area contributed by atoms with Gasteiger partial charge >= 0.3 is 0 Å². The van der Waals surface area contributed by atoms with E-state index in [9.17, 15) is 23.1 Å². The number of amides is 2. The predicted octanol–water partition coefficient (Wildman–Crippen LogP) is 3.36. The van der Waals surface area contributed by atoms with Gasteiger partial charge in [-0.1, -0.05) is 65.0 Å². The van der Waals surface area contributed by atoms with Crippen molar-refractivity contribution in [2.24, 2.45) is 11.3 Å². The molecule has 2 aromatic carbocycles. The van der Waals surface area contributed by atoms with Crippen LogP contribution in [0.4, 0.5) is 0 Å². The Labute approximate surface area is 267 Å². The Morgan fingerprint density at radius 3 is 2.23 bits per heavy atom. The van der Waals surface area contributed by atoms with Gasteiger partial charge < -0.3 is 19.9 Å². The maximum absolute atomic E-state index is 13.9. The quantitative estimate of drug-likeness (QED) is 0.280. The number of hydrogen-bond acceptors (Lipinski definition) is 8. The number of ether oxygens (including phenoxy) is 2. The van der Waals surface area contributed by atoms with Crippen LogP contribution in [-0.4, -0.2) is 79.8 Å². The van der Waals surface area contributed by atoms with Gasteiger partial charge in [0.05, 0.1) is 23.1 Å². The molecule has 13 heteroatoms. The summed E-state index contributed by atoms with van der Waals surface area (Å²) in [6.45, 7) is 11.0. The lowest BCUT2D eigenvalue weighted by molar-refractivity contribution is -0.150. The monoisotopic (exact) mass is 654 g/mol. The van der Waals surface area contributed by atoms with Gasteiger partial charge in [-0.25, -0.2) is 13.4 Å². The zero-order chi connectivity index (χ0) is 31.9. The molecule has 0 bridgehead atoms. The lowest BCUT2D eigenvalue weighted by atomic mass is 9.91. The van der Waals surface area contributed by atoms with Crippen LogP contribution in [0.2, 0.25) is 0 Å². The van der Waals surface area contributed by atoms with Crippen LogP contribution in [0.5, 0.6) is 11.5 Å². The Morgan fingerprint density at radius 2 is 1.64 bits per heavy atom. The molecule has 0 saturated heterocycles. The van der Waals surface area contributed by atoms with Gasteiger partial charge in [-0.2, -0.15) is 4.31 Å². The molecule has 11 nitrogen and oxygen atoms in total. The molecule has 0 spiro atoms. The van der Waals surface area contributed by atoms with Crippen molar-refractivity contribution >= 4 is 34.2 Å². The molecule has 0 fully saturated rings. The smallest absolute Gasteiger partial charge is 0.255 e. The fraction of sp³-hybridized carbons (Fsp3) is 0.548. The molecule has 3 rings (SSSR count). The van der Waals surface area contributed by atoms with Gasteiger partial charge in [-0.3, -0.25) is 15.0 Å². The molecule has 1 aliphatic rings. The Balaban J connectivity index is 0.00000675. The molecule has 1 aliphatic heterocycles. The minimum absolute atomic E-state index is 0. The molecule has 0 saturated carbocycles. The number of aliphatic hydroxyl groups is 1. The summed E-state index contributed by atoms with van der Waals surface area (Å²) in [7, 11) is -2.47. The van der Waals surface area contributed by atoms with E-state index in [0.29, 0.717) is 11.5 Å². The van der Waals surface area contributed by atoms with Crippen molar-refractivity contribution in [3.8, 4) is 11.5 Å². The molecule has 3 atom stereocenters. The normalized spacial score (nSPS) is 15.0. The second-order valence-electron chi connectivity index (χ2n) is 12.5. The number of nitrogens with one attached hydrogen (secondary N) is 2. The number of aliphatic hydroxyl groups excluding tert-OH is 1. The van der Waals surface area contributed by atoms with Crippen molar-refractivity contribution in [1.29, 1.82) is 0 Å². The summed E-state index contributed by atoms with van der Waals surface area (Å²) in [5.74, 6) is -0.135. The maximum atomic E-state index is 13.9. The second-order valence-corrected chi connectivity index (χ2v) is 14.5. The molecular formula is C31H47ClN4O7S. The van der Waals surface area contributed by atoms with Crippen molar-refractivity contribution in [3.05, 3.63) is 54.1 Å². The van der Waals surface area contributed by atoms with Crippen LogP contribution in [0, 0.1) is 11.3 Å². The number of rotatable bonds is 13. The number of carbonyl (C=O) groups is 2. The van der Waals surface area contributed by atoms with E-state index in [1.54, 1.807) is 20.0 Å². The molecular weight excluding hydrogens is 608 g/mol. The Hall–Kier alpha value is -2.90. The van der Waals surface area contributed by atoms with Gasteiger partial charge in [0.1, 0.15) is 0 Å². The van der Waals surface area contributed by atoms with Crippen LogP contribution in [-0.2, 0) is 26.0 Å². The van der Waals surface area contributed by atoms with Crippen molar-refractivity contribution in [2.45, 2.75) is 77.5 Å². The number of sulfonamides is 1. The van der Waals surface area contributed by atoms with Crippen LogP contribution in [0.3, 0.4) is 0 Å². The first kappa shape index (κ1) is 37.3. The third kappa shape index (κ3) is 10.1. The summed E-state index contributed by atoms with van der Waals surface area (Å²) in [6.07, 6.45) is -1.10. The summed E-state index contributed by atoms with van der Waals surface area (Å²) >= 11 is 0. The minimum Gasteiger partial charge on any atom is -0.454 e. The van der Waals surface area contributed by atoms with Crippen molar-refractivity contribution in [2.75, 3.05) is 26.9 Å². The topological polar surface area (TPSA) is 138 Å². The van der Waals surface area contributed by atoms with Crippen molar-refractivity contribution in [1.82, 2.24) is 20.1 Å². The average Bonchev–Trinajstić information content (AvgIpc) is 3.41. The van der Waals surface area contributed by atoms with Gasteiger partial charge in [0.25, 0.3) is 5.91 Å². The fourth-order valence-electron chi connectivity index (χ4n) is 4.67. The number of fused-ring (bicyclic) bond motifs is 1. The Kier molecular flexibility index (Phi) is 13.5. The standard InChI is InChI=1S/C31H46N4O7S.ClH/c1-21(2)18-34(43(39,40)24-13-14-27-28(16-24)42-20-41-27)19-26(36)25(15-23-11-9-8-10-12-23)35(29(37)17-31(4,5)6)33-30(38)22(3)32-7;/h8-14,16,21-22,25-26,32,36H,15,17-20H2,1-7H3,(H,33,38);1H/t22-,25+,26-;/m1./s1. The maximum Gasteiger partial charge on any atom is 0.255 e. The van der Waals surface area contributed by atoms with E-state index in [4.69, 9.17) is 9.47 Å². The number of halogens is 1. The van der Waals surface area contributed by atoms with E-state index < -0.39 is 45.4 Å². The summed E-state index contributed by atoms with van der Waals surface area (Å²) in [6, 6.07) is 12.1. The largest absolute Gasteiger partial charge is 0.454 e. The van der Waals surface area contributed by atoms with Gasteiger partial charge in [-0.15, -0.1) is 12.4 Å².